The van der Waals surface area contributed by atoms with Gasteiger partial charge in [0.15, 0.2) is 0 Å². The summed E-state index contributed by atoms with van der Waals surface area (Å²) < 4.78 is 10.1. The molecule has 2 aromatic rings. The van der Waals surface area contributed by atoms with E-state index in [2.05, 4.69) is 5.32 Å². The van der Waals surface area contributed by atoms with Gasteiger partial charge in [-0.2, -0.15) is 0 Å². The van der Waals surface area contributed by atoms with Crippen LogP contribution in [0, 0.1) is 0 Å². The van der Waals surface area contributed by atoms with Crippen molar-refractivity contribution >= 4 is 35.1 Å². The maximum absolute atomic E-state index is 12.6. The molecule has 0 heterocycles. The number of carbonyl (C=O) groups is 2. The number of benzene rings is 2. The fourth-order valence-corrected chi connectivity index (χ4v) is 2.88. The molecule has 0 saturated carbocycles. The van der Waals surface area contributed by atoms with Gasteiger partial charge in [0.2, 0.25) is 0 Å². The van der Waals surface area contributed by atoms with E-state index in [9.17, 15) is 9.59 Å². The first-order valence-corrected chi connectivity index (χ1v) is 8.75. The molecule has 138 valence electrons. The molecule has 1 atom stereocenters. The maximum atomic E-state index is 12.6. The predicted octanol–water partition coefficient (Wildman–Crippen LogP) is 4.43. The molecule has 2 aromatic carbocycles. The van der Waals surface area contributed by atoms with E-state index in [1.807, 2.05) is 0 Å². The van der Waals surface area contributed by atoms with Crippen molar-refractivity contribution in [2.45, 2.75) is 19.4 Å². The highest BCUT2D eigenvalue weighted by Gasteiger charge is 2.21. The maximum Gasteiger partial charge on any atom is 0.308 e. The van der Waals surface area contributed by atoms with Gasteiger partial charge < -0.3 is 14.8 Å². The van der Waals surface area contributed by atoms with Gasteiger partial charge in [0.05, 0.1) is 36.8 Å². The summed E-state index contributed by atoms with van der Waals surface area (Å²) in [6.07, 6.45) is -0.00286. The van der Waals surface area contributed by atoms with Crippen molar-refractivity contribution in [3.8, 4) is 5.75 Å². The monoisotopic (exact) mass is 395 g/mol. The van der Waals surface area contributed by atoms with Crippen LogP contribution >= 0.6 is 23.2 Å². The first-order chi connectivity index (χ1) is 12.4. The van der Waals surface area contributed by atoms with Gasteiger partial charge in [-0.25, -0.2) is 0 Å². The van der Waals surface area contributed by atoms with Gasteiger partial charge >= 0.3 is 5.97 Å². The van der Waals surface area contributed by atoms with E-state index in [1.165, 1.54) is 12.1 Å². The largest absolute Gasteiger partial charge is 0.497 e. The molecule has 7 heteroatoms. The number of methoxy groups -OCH3 is 1. The van der Waals surface area contributed by atoms with Gasteiger partial charge in [0, 0.05) is 5.02 Å². The molecule has 0 unspecified atom stereocenters. The minimum Gasteiger partial charge on any atom is -0.497 e. The second-order valence-electron chi connectivity index (χ2n) is 5.43. The number of esters is 1. The number of ether oxygens (including phenoxy) is 2. The Morgan fingerprint density at radius 3 is 2.38 bits per heavy atom. The van der Waals surface area contributed by atoms with Gasteiger partial charge in [-0.05, 0) is 42.8 Å². The first-order valence-electron chi connectivity index (χ1n) is 8.00. The van der Waals surface area contributed by atoms with E-state index in [0.717, 1.165) is 5.56 Å². The smallest absolute Gasteiger partial charge is 0.308 e. The molecule has 0 spiro atoms. The van der Waals surface area contributed by atoms with Crippen LogP contribution in [0.1, 0.15) is 35.3 Å². The molecule has 0 aliphatic carbocycles. The quantitative estimate of drug-likeness (QED) is 0.704. The third-order valence-corrected chi connectivity index (χ3v) is 4.22. The summed E-state index contributed by atoms with van der Waals surface area (Å²) in [6.45, 7) is 2.00. The van der Waals surface area contributed by atoms with Gasteiger partial charge in [0.25, 0.3) is 5.91 Å². The van der Waals surface area contributed by atoms with Crippen molar-refractivity contribution in [3.63, 3.8) is 0 Å². The highest BCUT2D eigenvalue weighted by Crippen LogP contribution is 2.24. The topological polar surface area (TPSA) is 64.6 Å². The number of halogens is 2. The SMILES string of the molecule is CCOC(=O)C[C@@H](NC(=O)c1ccc(Cl)cc1Cl)c1ccc(OC)cc1. The van der Waals surface area contributed by atoms with Crippen molar-refractivity contribution in [1.82, 2.24) is 5.32 Å². The summed E-state index contributed by atoms with van der Waals surface area (Å²) in [5.41, 5.74) is 1.02. The summed E-state index contributed by atoms with van der Waals surface area (Å²) in [4.78, 5) is 24.5. The second-order valence-corrected chi connectivity index (χ2v) is 6.28. The highest BCUT2D eigenvalue weighted by molar-refractivity contribution is 6.36. The average molecular weight is 396 g/mol. The van der Waals surface area contributed by atoms with Crippen LogP contribution in [-0.2, 0) is 9.53 Å². The van der Waals surface area contributed by atoms with Crippen molar-refractivity contribution in [2.24, 2.45) is 0 Å². The third kappa shape index (κ3) is 5.38. The third-order valence-electron chi connectivity index (χ3n) is 3.68. The van der Waals surface area contributed by atoms with Crippen LogP contribution in [0.3, 0.4) is 0 Å². The lowest BCUT2D eigenvalue weighted by atomic mass is 10.0. The summed E-state index contributed by atoms with van der Waals surface area (Å²) in [6, 6.07) is 11.1. The molecule has 5 nitrogen and oxygen atoms in total. The fourth-order valence-electron chi connectivity index (χ4n) is 2.38. The van der Waals surface area contributed by atoms with Crippen molar-refractivity contribution in [2.75, 3.05) is 13.7 Å². The minimum atomic E-state index is -0.570. The molecule has 0 fully saturated rings. The lowest BCUT2D eigenvalue weighted by Crippen LogP contribution is -2.30. The van der Waals surface area contributed by atoms with Crippen LogP contribution in [0.15, 0.2) is 42.5 Å². The van der Waals surface area contributed by atoms with Gasteiger partial charge in [-0.3, -0.25) is 9.59 Å². The second kappa shape index (κ2) is 9.46. The van der Waals surface area contributed by atoms with Crippen LogP contribution in [-0.4, -0.2) is 25.6 Å². The standard InChI is InChI=1S/C19H19Cl2NO4/c1-3-26-18(23)11-17(12-4-7-14(25-2)8-5-12)22-19(24)15-9-6-13(20)10-16(15)21/h4-10,17H,3,11H2,1-2H3,(H,22,24)/t17-/m1/s1. The van der Waals surface area contributed by atoms with E-state index in [0.29, 0.717) is 10.8 Å². The molecular formula is C19H19Cl2NO4. The van der Waals surface area contributed by atoms with E-state index in [-0.39, 0.29) is 23.6 Å². The Bertz CT molecular complexity index is 778. The Balaban J connectivity index is 2.24. The van der Waals surface area contributed by atoms with E-state index in [1.54, 1.807) is 44.4 Å². The zero-order valence-corrected chi connectivity index (χ0v) is 15.9. The normalized spacial score (nSPS) is 11.5. The summed E-state index contributed by atoms with van der Waals surface area (Å²) in [7, 11) is 1.56. The molecule has 0 radical (unpaired) electrons. The Kier molecular flexibility index (Phi) is 7.30. The molecule has 0 bridgehead atoms. The first kappa shape index (κ1) is 20.1. The van der Waals surface area contributed by atoms with Gasteiger partial charge in [-0.15, -0.1) is 0 Å². The van der Waals surface area contributed by atoms with Gasteiger partial charge in [0.1, 0.15) is 5.75 Å². The van der Waals surface area contributed by atoms with Crippen molar-refractivity contribution in [3.05, 3.63) is 63.6 Å². The molecule has 0 aromatic heterocycles. The number of carbonyl (C=O) groups excluding carboxylic acids is 2. The average Bonchev–Trinajstić information content (AvgIpc) is 2.61. The Hall–Kier alpha value is -2.24. The zero-order valence-electron chi connectivity index (χ0n) is 14.4. The Labute approximate surface area is 162 Å². The van der Waals surface area contributed by atoms with E-state index < -0.39 is 17.9 Å². The number of hydrogen-bond acceptors (Lipinski definition) is 4. The van der Waals surface area contributed by atoms with Crippen LogP contribution in [0.2, 0.25) is 10.0 Å². The van der Waals surface area contributed by atoms with Crippen LogP contribution in [0.25, 0.3) is 0 Å². The number of amides is 1. The lowest BCUT2D eigenvalue weighted by Gasteiger charge is -2.19. The molecule has 26 heavy (non-hydrogen) atoms. The number of nitrogens with one attached hydrogen (secondary N) is 1. The summed E-state index contributed by atoms with van der Waals surface area (Å²) in [5.74, 6) is -0.136. The van der Waals surface area contributed by atoms with E-state index in [4.69, 9.17) is 32.7 Å². The van der Waals surface area contributed by atoms with Crippen molar-refractivity contribution < 1.29 is 19.1 Å². The lowest BCUT2D eigenvalue weighted by molar-refractivity contribution is -0.143. The predicted molar refractivity (Wildman–Crippen MR) is 101 cm³/mol. The molecule has 2 rings (SSSR count). The fraction of sp³-hybridized carbons (Fsp3) is 0.263. The molecule has 0 aliphatic rings. The molecule has 0 aliphatic heterocycles. The Morgan fingerprint density at radius 1 is 1.12 bits per heavy atom. The minimum absolute atomic E-state index is 0.00286. The van der Waals surface area contributed by atoms with Crippen LogP contribution < -0.4 is 10.1 Å². The molecular weight excluding hydrogens is 377 g/mol. The Morgan fingerprint density at radius 2 is 1.81 bits per heavy atom. The molecule has 0 saturated heterocycles. The molecule has 1 N–H and O–H groups in total. The molecule has 1 amide bonds. The number of hydrogen-bond donors (Lipinski definition) is 1. The number of rotatable bonds is 7. The van der Waals surface area contributed by atoms with Crippen LogP contribution in [0.4, 0.5) is 0 Å². The van der Waals surface area contributed by atoms with Gasteiger partial charge in [-0.1, -0.05) is 35.3 Å². The zero-order chi connectivity index (χ0) is 19.1. The van der Waals surface area contributed by atoms with Crippen LogP contribution in [0.5, 0.6) is 5.75 Å². The van der Waals surface area contributed by atoms with Crippen molar-refractivity contribution in [1.29, 1.82) is 0 Å². The van der Waals surface area contributed by atoms with E-state index >= 15 is 0 Å². The summed E-state index contributed by atoms with van der Waals surface area (Å²) in [5, 5.41) is 3.50. The highest BCUT2D eigenvalue weighted by atomic mass is 35.5. The summed E-state index contributed by atoms with van der Waals surface area (Å²) >= 11 is 12.0.